The Bertz CT molecular complexity index is 1040. The lowest BCUT2D eigenvalue weighted by Gasteiger charge is -2.36. The van der Waals surface area contributed by atoms with Gasteiger partial charge in [-0.15, -0.1) is 0 Å². The Balaban J connectivity index is 1.51. The Morgan fingerprint density at radius 1 is 1.08 bits per heavy atom. The summed E-state index contributed by atoms with van der Waals surface area (Å²) in [6, 6.07) is 10.5. The standard InChI is InChI=1S/C18H15Cl2N3O3/c19-11-4-5-12(13(20)10-11)17(24)23-8-6-22(7-9-23)15-3-1-2-14-16(15)26-18(25)21-14/h1-5,10H,6-9H2,(H,21,25). The maximum absolute atomic E-state index is 12.7. The second kappa shape index (κ2) is 6.70. The third kappa shape index (κ3) is 3.06. The lowest BCUT2D eigenvalue weighted by atomic mass is 10.1. The van der Waals surface area contributed by atoms with Crippen LogP contribution < -0.4 is 10.7 Å². The van der Waals surface area contributed by atoms with E-state index < -0.39 is 5.76 Å². The molecule has 1 aliphatic rings. The van der Waals surface area contributed by atoms with Gasteiger partial charge in [0.15, 0.2) is 5.58 Å². The molecule has 2 aromatic carbocycles. The molecule has 1 aliphatic heterocycles. The van der Waals surface area contributed by atoms with Gasteiger partial charge in [-0.05, 0) is 30.3 Å². The molecule has 0 bridgehead atoms. The van der Waals surface area contributed by atoms with E-state index in [9.17, 15) is 9.59 Å². The molecule has 26 heavy (non-hydrogen) atoms. The molecule has 8 heteroatoms. The first-order valence-electron chi connectivity index (χ1n) is 8.14. The van der Waals surface area contributed by atoms with Gasteiger partial charge in [0.05, 0.1) is 21.8 Å². The Labute approximate surface area is 158 Å². The summed E-state index contributed by atoms with van der Waals surface area (Å²) in [6.07, 6.45) is 0. The molecule has 0 unspecified atom stereocenters. The molecule has 0 atom stereocenters. The number of nitrogens with one attached hydrogen (secondary N) is 1. The molecular formula is C18H15Cl2N3O3. The molecule has 1 N–H and O–H groups in total. The molecule has 2 heterocycles. The fourth-order valence-corrected chi connectivity index (χ4v) is 3.68. The van der Waals surface area contributed by atoms with Gasteiger partial charge in [-0.25, -0.2) is 4.79 Å². The molecule has 0 aliphatic carbocycles. The van der Waals surface area contributed by atoms with Gasteiger partial charge < -0.3 is 14.2 Å². The first-order valence-corrected chi connectivity index (χ1v) is 8.89. The molecule has 0 radical (unpaired) electrons. The maximum Gasteiger partial charge on any atom is 0.417 e. The quantitative estimate of drug-likeness (QED) is 0.726. The summed E-state index contributed by atoms with van der Waals surface area (Å²) in [5.74, 6) is -0.587. The number of aromatic amines is 1. The number of piperazine rings is 1. The van der Waals surface area contributed by atoms with E-state index in [-0.39, 0.29) is 5.91 Å². The van der Waals surface area contributed by atoms with Crippen LogP contribution in [0.25, 0.3) is 11.1 Å². The molecular weight excluding hydrogens is 377 g/mol. The summed E-state index contributed by atoms with van der Waals surface area (Å²) in [6.45, 7) is 2.35. The van der Waals surface area contributed by atoms with E-state index >= 15 is 0 Å². The smallest absolute Gasteiger partial charge is 0.406 e. The lowest BCUT2D eigenvalue weighted by Crippen LogP contribution is -2.48. The Hall–Kier alpha value is -2.44. The Morgan fingerprint density at radius 2 is 1.85 bits per heavy atom. The van der Waals surface area contributed by atoms with Gasteiger partial charge in [0.1, 0.15) is 0 Å². The predicted octanol–water partition coefficient (Wildman–Crippen LogP) is 3.39. The molecule has 1 amide bonds. The Morgan fingerprint density at radius 3 is 2.58 bits per heavy atom. The summed E-state index contributed by atoms with van der Waals surface area (Å²) in [7, 11) is 0. The molecule has 134 valence electrons. The van der Waals surface area contributed by atoms with Gasteiger partial charge in [-0.1, -0.05) is 29.3 Å². The average Bonchev–Trinajstić information content (AvgIpc) is 3.01. The minimum Gasteiger partial charge on any atom is -0.406 e. The number of rotatable bonds is 2. The number of carbonyl (C=O) groups is 1. The van der Waals surface area contributed by atoms with Gasteiger partial charge in [0.2, 0.25) is 0 Å². The second-order valence-electron chi connectivity index (χ2n) is 6.07. The average molecular weight is 392 g/mol. The summed E-state index contributed by atoms with van der Waals surface area (Å²) in [4.78, 5) is 30.7. The normalized spacial score (nSPS) is 14.8. The first-order chi connectivity index (χ1) is 12.5. The van der Waals surface area contributed by atoms with Crippen LogP contribution in [-0.2, 0) is 0 Å². The highest BCUT2D eigenvalue weighted by atomic mass is 35.5. The minimum absolute atomic E-state index is 0.113. The third-order valence-electron chi connectivity index (χ3n) is 4.49. The van der Waals surface area contributed by atoms with Gasteiger partial charge in [-0.2, -0.15) is 0 Å². The van der Waals surface area contributed by atoms with Crippen LogP contribution >= 0.6 is 23.2 Å². The molecule has 1 aromatic heterocycles. The molecule has 4 rings (SSSR count). The van der Waals surface area contributed by atoms with Crippen LogP contribution in [0.1, 0.15) is 10.4 Å². The van der Waals surface area contributed by atoms with E-state index in [1.807, 2.05) is 12.1 Å². The van der Waals surface area contributed by atoms with Crippen LogP contribution in [0, 0.1) is 0 Å². The summed E-state index contributed by atoms with van der Waals surface area (Å²) >= 11 is 12.0. The number of anilines is 1. The van der Waals surface area contributed by atoms with Crippen LogP contribution in [0.5, 0.6) is 0 Å². The number of para-hydroxylation sites is 1. The maximum atomic E-state index is 12.7. The molecule has 0 saturated carbocycles. The second-order valence-corrected chi connectivity index (χ2v) is 6.92. The van der Waals surface area contributed by atoms with Crippen LogP contribution in [-0.4, -0.2) is 42.0 Å². The number of nitrogens with zero attached hydrogens (tertiary/aromatic N) is 2. The van der Waals surface area contributed by atoms with Gasteiger partial charge in [-0.3, -0.25) is 9.78 Å². The topological polar surface area (TPSA) is 69.6 Å². The Kier molecular flexibility index (Phi) is 4.38. The van der Waals surface area contributed by atoms with Crippen molar-refractivity contribution in [2.45, 2.75) is 0 Å². The molecule has 1 fully saturated rings. The van der Waals surface area contributed by atoms with E-state index in [0.717, 1.165) is 5.69 Å². The van der Waals surface area contributed by atoms with E-state index in [2.05, 4.69) is 9.88 Å². The van der Waals surface area contributed by atoms with Crippen LogP contribution in [0.2, 0.25) is 10.0 Å². The molecule has 1 saturated heterocycles. The van der Waals surface area contributed by atoms with E-state index in [4.69, 9.17) is 27.6 Å². The number of hydrogen-bond donors (Lipinski definition) is 1. The van der Waals surface area contributed by atoms with Crippen LogP contribution in [0.4, 0.5) is 5.69 Å². The van der Waals surface area contributed by atoms with Crippen molar-refractivity contribution in [2.24, 2.45) is 0 Å². The fraction of sp³-hybridized carbons (Fsp3) is 0.222. The number of H-pyrrole nitrogens is 1. The summed E-state index contributed by atoms with van der Waals surface area (Å²) in [5, 5.41) is 0.848. The zero-order valence-corrected chi connectivity index (χ0v) is 15.2. The number of hydrogen-bond acceptors (Lipinski definition) is 4. The van der Waals surface area contributed by atoms with Crippen molar-refractivity contribution in [1.29, 1.82) is 0 Å². The van der Waals surface area contributed by atoms with Crippen molar-refractivity contribution in [3.8, 4) is 0 Å². The third-order valence-corrected chi connectivity index (χ3v) is 5.04. The lowest BCUT2D eigenvalue weighted by molar-refractivity contribution is 0.0747. The van der Waals surface area contributed by atoms with E-state index in [1.54, 1.807) is 29.2 Å². The van der Waals surface area contributed by atoms with Gasteiger partial charge >= 0.3 is 5.76 Å². The predicted molar refractivity (Wildman–Crippen MR) is 101 cm³/mol. The summed E-state index contributed by atoms with van der Waals surface area (Å²) in [5.41, 5.74) is 2.50. The van der Waals surface area contributed by atoms with Crippen LogP contribution in [0.3, 0.4) is 0 Å². The van der Waals surface area contributed by atoms with Gasteiger partial charge in [0, 0.05) is 31.2 Å². The number of benzene rings is 2. The largest absolute Gasteiger partial charge is 0.417 e. The highest BCUT2D eigenvalue weighted by molar-refractivity contribution is 6.36. The van der Waals surface area contributed by atoms with Crippen molar-refractivity contribution in [1.82, 2.24) is 9.88 Å². The van der Waals surface area contributed by atoms with Crippen molar-refractivity contribution >= 4 is 45.9 Å². The molecule has 6 nitrogen and oxygen atoms in total. The van der Waals surface area contributed by atoms with Crippen molar-refractivity contribution < 1.29 is 9.21 Å². The van der Waals surface area contributed by atoms with E-state index in [0.29, 0.717) is 52.9 Å². The number of oxazole rings is 1. The number of fused-ring (bicyclic) bond motifs is 1. The number of aromatic nitrogens is 1. The molecule has 0 spiro atoms. The zero-order valence-electron chi connectivity index (χ0n) is 13.7. The van der Waals surface area contributed by atoms with Crippen molar-refractivity contribution in [3.63, 3.8) is 0 Å². The number of amides is 1. The zero-order chi connectivity index (χ0) is 18.3. The molecule has 3 aromatic rings. The highest BCUT2D eigenvalue weighted by Crippen LogP contribution is 2.27. The highest BCUT2D eigenvalue weighted by Gasteiger charge is 2.25. The fourth-order valence-electron chi connectivity index (χ4n) is 3.19. The first kappa shape index (κ1) is 17.0. The monoisotopic (exact) mass is 391 g/mol. The summed E-state index contributed by atoms with van der Waals surface area (Å²) < 4.78 is 5.26. The van der Waals surface area contributed by atoms with E-state index in [1.165, 1.54) is 0 Å². The number of halogens is 2. The van der Waals surface area contributed by atoms with Crippen molar-refractivity contribution in [2.75, 3.05) is 31.1 Å². The minimum atomic E-state index is -0.473. The van der Waals surface area contributed by atoms with Crippen molar-refractivity contribution in [3.05, 3.63) is 62.6 Å². The van der Waals surface area contributed by atoms with Gasteiger partial charge in [0.25, 0.3) is 5.91 Å². The SMILES string of the molecule is O=C(c1ccc(Cl)cc1Cl)N1CCN(c2cccc3[nH]c(=O)oc23)CC1. The number of carbonyl (C=O) groups excluding carboxylic acids is 1. The van der Waals surface area contributed by atoms with Crippen LogP contribution in [0.15, 0.2) is 45.6 Å².